The van der Waals surface area contributed by atoms with E-state index in [0.29, 0.717) is 31.4 Å². The fraction of sp³-hybridized carbons (Fsp3) is 0.400. The van der Waals surface area contributed by atoms with Crippen molar-refractivity contribution in [3.63, 3.8) is 0 Å². The van der Waals surface area contributed by atoms with Gasteiger partial charge in [-0.1, -0.05) is 6.07 Å². The fourth-order valence-electron chi connectivity index (χ4n) is 3.79. The third-order valence-electron chi connectivity index (χ3n) is 5.26. The second-order valence-electron chi connectivity index (χ2n) is 7.39. The maximum absolute atomic E-state index is 12.9. The molecule has 0 radical (unpaired) electrons. The summed E-state index contributed by atoms with van der Waals surface area (Å²) in [6.45, 7) is -0.985. The van der Waals surface area contributed by atoms with E-state index < -0.39 is 12.7 Å². The molecule has 0 unspecified atom stereocenters. The van der Waals surface area contributed by atoms with Crippen LogP contribution in [0.3, 0.4) is 0 Å². The molecule has 4 rings (SSSR count). The van der Waals surface area contributed by atoms with E-state index in [1.54, 1.807) is 29.1 Å². The normalized spacial score (nSPS) is 19.7. The van der Waals surface area contributed by atoms with Crippen LogP contribution in [-0.4, -0.2) is 50.3 Å². The lowest BCUT2D eigenvalue weighted by Gasteiger charge is -2.29. The molecule has 0 saturated heterocycles. The number of pyridine rings is 1. The first-order valence-electron chi connectivity index (χ1n) is 9.76. The minimum absolute atomic E-state index is 0.0939. The molecule has 158 valence electrons. The molecule has 7 nitrogen and oxygen atoms in total. The van der Waals surface area contributed by atoms with Gasteiger partial charge in [0.15, 0.2) is 0 Å². The largest absolute Gasteiger partial charge is 0.401 e. The van der Waals surface area contributed by atoms with E-state index >= 15 is 0 Å². The molecule has 1 saturated carbocycles. The molecule has 3 aromatic heterocycles. The Morgan fingerprint density at radius 3 is 2.57 bits per heavy atom. The Balaban J connectivity index is 1.45. The summed E-state index contributed by atoms with van der Waals surface area (Å²) in [6, 6.07) is 7.06. The van der Waals surface area contributed by atoms with Crippen LogP contribution < -0.4 is 10.6 Å². The fourth-order valence-corrected chi connectivity index (χ4v) is 3.79. The standard InChI is InChI=1S/C20H21F3N6O/c21-20(22,23)12-24-14-4-6-15(7-5-14)27-19(30)18-28-17(13-8-9-25-26-11-13)16-3-1-2-10-29(16)18/h1-3,8-11,14-15,24H,4-7,12H2,(H,27,30). The number of hydrogen-bond donors (Lipinski definition) is 2. The zero-order chi connectivity index (χ0) is 21.1. The van der Waals surface area contributed by atoms with Gasteiger partial charge < -0.3 is 10.6 Å². The zero-order valence-electron chi connectivity index (χ0n) is 16.1. The number of rotatable bonds is 5. The topological polar surface area (TPSA) is 84.2 Å². The first-order chi connectivity index (χ1) is 14.4. The predicted molar refractivity (Wildman–Crippen MR) is 104 cm³/mol. The Morgan fingerprint density at radius 1 is 1.10 bits per heavy atom. The highest BCUT2D eigenvalue weighted by Gasteiger charge is 2.30. The van der Waals surface area contributed by atoms with Crippen LogP contribution in [0.1, 0.15) is 36.3 Å². The number of nitrogens with zero attached hydrogens (tertiary/aromatic N) is 4. The summed E-state index contributed by atoms with van der Waals surface area (Å²) in [5.41, 5.74) is 2.16. The van der Waals surface area contributed by atoms with E-state index in [1.807, 2.05) is 18.2 Å². The van der Waals surface area contributed by atoms with E-state index in [0.717, 1.165) is 11.1 Å². The maximum Gasteiger partial charge on any atom is 0.401 e. The lowest BCUT2D eigenvalue weighted by Crippen LogP contribution is -2.44. The average molecular weight is 418 g/mol. The molecule has 0 bridgehead atoms. The third-order valence-corrected chi connectivity index (χ3v) is 5.26. The second kappa shape index (κ2) is 8.39. The van der Waals surface area contributed by atoms with E-state index in [9.17, 15) is 18.0 Å². The van der Waals surface area contributed by atoms with E-state index in [-0.39, 0.29) is 23.8 Å². The number of amides is 1. The number of fused-ring (bicyclic) bond motifs is 1. The van der Waals surface area contributed by atoms with Gasteiger partial charge >= 0.3 is 6.18 Å². The highest BCUT2D eigenvalue weighted by molar-refractivity contribution is 5.94. The van der Waals surface area contributed by atoms with Crippen molar-refractivity contribution < 1.29 is 18.0 Å². The molecule has 0 aliphatic heterocycles. The van der Waals surface area contributed by atoms with Crippen molar-refractivity contribution in [2.24, 2.45) is 0 Å². The van der Waals surface area contributed by atoms with Crippen molar-refractivity contribution in [1.82, 2.24) is 30.2 Å². The first kappa shape index (κ1) is 20.3. The van der Waals surface area contributed by atoms with Gasteiger partial charge in [-0.15, -0.1) is 0 Å². The Bertz CT molecular complexity index is 1010. The van der Waals surface area contributed by atoms with E-state index in [2.05, 4.69) is 25.8 Å². The van der Waals surface area contributed by atoms with Crippen LogP contribution in [0, 0.1) is 0 Å². The minimum atomic E-state index is -4.21. The molecule has 1 aliphatic carbocycles. The van der Waals surface area contributed by atoms with Crippen LogP contribution in [0.5, 0.6) is 0 Å². The smallest absolute Gasteiger partial charge is 0.347 e. The number of alkyl halides is 3. The summed E-state index contributed by atoms with van der Waals surface area (Å²) >= 11 is 0. The lowest BCUT2D eigenvalue weighted by atomic mass is 9.91. The lowest BCUT2D eigenvalue weighted by molar-refractivity contribution is -0.126. The number of nitrogens with one attached hydrogen (secondary N) is 2. The molecular formula is C20H21F3N6O. The van der Waals surface area contributed by atoms with E-state index in [1.165, 1.54) is 0 Å². The molecule has 0 atom stereocenters. The van der Waals surface area contributed by atoms with Gasteiger partial charge in [-0.3, -0.25) is 9.20 Å². The zero-order valence-corrected chi connectivity index (χ0v) is 16.1. The van der Waals surface area contributed by atoms with Gasteiger partial charge in [-0.25, -0.2) is 4.98 Å². The number of imidazole rings is 1. The molecule has 30 heavy (non-hydrogen) atoms. The highest BCUT2D eigenvalue weighted by atomic mass is 19.4. The Morgan fingerprint density at radius 2 is 1.87 bits per heavy atom. The molecule has 1 aliphatic rings. The molecule has 0 spiro atoms. The van der Waals surface area contributed by atoms with Crippen molar-refractivity contribution in [2.75, 3.05) is 6.54 Å². The van der Waals surface area contributed by atoms with Gasteiger partial charge in [-0.05, 0) is 43.9 Å². The van der Waals surface area contributed by atoms with Gasteiger partial charge in [-0.2, -0.15) is 23.4 Å². The van der Waals surface area contributed by atoms with Crippen molar-refractivity contribution in [2.45, 2.75) is 43.9 Å². The highest BCUT2D eigenvalue weighted by Crippen LogP contribution is 2.25. The minimum Gasteiger partial charge on any atom is -0.347 e. The number of hydrogen-bond acceptors (Lipinski definition) is 5. The van der Waals surface area contributed by atoms with Crippen LogP contribution >= 0.6 is 0 Å². The molecule has 3 aromatic rings. The van der Waals surface area contributed by atoms with Crippen LogP contribution in [-0.2, 0) is 0 Å². The SMILES string of the molecule is O=C(NC1CCC(NCC(F)(F)F)CC1)c1nc(-c2ccnnc2)c2ccccn12. The number of halogens is 3. The summed E-state index contributed by atoms with van der Waals surface area (Å²) in [5.74, 6) is -0.0501. The predicted octanol–water partition coefficient (Wildman–Crippen LogP) is 2.98. The van der Waals surface area contributed by atoms with E-state index in [4.69, 9.17) is 0 Å². The van der Waals surface area contributed by atoms with Gasteiger partial charge in [0.1, 0.15) is 0 Å². The Hall–Kier alpha value is -3.01. The van der Waals surface area contributed by atoms with Crippen LogP contribution in [0.2, 0.25) is 0 Å². The van der Waals surface area contributed by atoms with Crippen molar-refractivity contribution in [3.8, 4) is 11.3 Å². The van der Waals surface area contributed by atoms with Gasteiger partial charge in [0.2, 0.25) is 5.82 Å². The summed E-state index contributed by atoms with van der Waals surface area (Å²) < 4.78 is 38.8. The van der Waals surface area contributed by atoms with Gasteiger partial charge in [0, 0.05) is 23.8 Å². The molecule has 10 heteroatoms. The monoisotopic (exact) mass is 418 g/mol. The number of aromatic nitrogens is 4. The molecule has 1 amide bonds. The average Bonchev–Trinajstić information content (AvgIpc) is 3.13. The summed E-state index contributed by atoms with van der Waals surface area (Å²) in [6.07, 6.45) is 3.11. The summed E-state index contributed by atoms with van der Waals surface area (Å²) in [4.78, 5) is 17.5. The molecular weight excluding hydrogens is 397 g/mol. The van der Waals surface area contributed by atoms with Crippen LogP contribution in [0.25, 0.3) is 16.8 Å². The van der Waals surface area contributed by atoms with Crippen molar-refractivity contribution in [3.05, 3.63) is 48.7 Å². The summed E-state index contributed by atoms with van der Waals surface area (Å²) in [7, 11) is 0. The molecule has 3 heterocycles. The third kappa shape index (κ3) is 4.59. The molecule has 2 N–H and O–H groups in total. The Kier molecular flexibility index (Phi) is 5.67. The second-order valence-corrected chi connectivity index (χ2v) is 7.39. The number of carbonyl (C=O) groups excluding carboxylic acids is 1. The van der Waals surface area contributed by atoms with Gasteiger partial charge in [0.05, 0.1) is 30.1 Å². The van der Waals surface area contributed by atoms with Gasteiger partial charge in [0.25, 0.3) is 5.91 Å². The first-order valence-corrected chi connectivity index (χ1v) is 9.76. The van der Waals surface area contributed by atoms with Crippen molar-refractivity contribution >= 4 is 11.4 Å². The van der Waals surface area contributed by atoms with Crippen LogP contribution in [0.4, 0.5) is 13.2 Å². The quantitative estimate of drug-likeness (QED) is 0.666. The maximum atomic E-state index is 12.9. The van der Waals surface area contributed by atoms with Crippen molar-refractivity contribution in [1.29, 1.82) is 0 Å². The van der Waals surface area contributed by atoms with Crippen LogP contribution in [0.15, 0.2) is 42.9 Å². The molecule has 1 fully saturated rings. The Labute approximate surface area is 170 Å². The number of carbonyl (C=O) groups is 1. The molecule has 0 aromatic carbocycles. The summed E-state index contributed by atoms with van der Waals surface area (Å²) in [5, 5.41) is 13.2.